The average Bonchev–Trinajstić information content (AvgIpc) is 3.19. The Labute approximate surface area is 183 Å². The Kier molecular flexibility index (Phi) is 4.97. The zero-order chi connectivity index (χ0) is 20.7. The van der Waals surface area contributed by atoms with Crippen molar-refractivity contribution in [3.05, 3.63) is 74.9 Å². The summed E-state index contributed by atoms with van der Waals surface area (Å²) in [5.41, 5.74) is 5.08. The first kappa shape index (κ1) is 19.2. The maximum absolute atomic E-state index is 12.7. The largest absolute Gasteiger partial charge is 0.368 e. The van der Waals surface area contributed by atoms with Gasteiger partial charge < -0.3 is 9.80 Å². The molecular formula is C23H21ClN4OS. The van der Waals surface area contributed by atoms with Crippen LogP contribution in [0.15, 0.2) is 58.7 Å². The summed E-state index contributed by atoms with van der Waals surface area (Å²) in [6.45, 7) is 5.49. The van der Waals surface area contributed by atoms with Crippen molar-refractivity contribution in [2.45, 2.75) is 6.92 Å². The molecule has 1 fully saturated rings. The number of halogens is 1. The SMILES string of the molecule is Cc1cccc(N2CCN(c3nc4c(-c5cccc(Cl)c5)csc4c(=O)[nH]3)CC2)c1. The first-order valence-electron chi connectivity index (χ1n) is 9.92. The average molecular weight is 437 g/mol. The van der Waals surface area contributed by atoms with E-state index >= 15 is 0 Å². The van der Waals surface area contributed by atoms with Gasteiger partial charge in [0.1, 0.15) is 4.70 Å². The van der Waals surface area contributed by atoms with E-state index in [0.29, 0.717) is 15.7 Å². The zero-order valence-electron chi connectivity index (χ0n) is 16.6. The number of thiophene rings is 1. The second-order valence-corrected chi connectivity index (χ2v) is 8.86. The monoisotopic (exact) mass is 436 g/mol. The van der Waals surface area contributed by atoms with Crippen LogP contribution in [-0.2, 0) is 0 Å². The summed E-state index contributed by atoms with van der Waals surface area (Å²) in [7, 11) is 0. The molecular weight excluding hydrogens is 416 g/mol. The standard InChI is InChI=1S/C23H21ClN4OS/c1-15-4-2-7-18(12-15)27-8-10-28(11-9-27)23-25-20-19(14-30-21(20)22(29)26-23)16-5-3-6-17(24)13-16/h2-7,12-14H,8-11H2,1H3,(H,25,26,29). The topological polar surface area (TPSA) is 52.2 Å². The summed E-state index contributed by atoms with van der Waals surface area (Å²) in [6.07, 6.45) is 0. The maximum Gasteiger partial charge on any atom is 0.270 e. The summed E-state index contributed by atoms with van der Waals surface area (Å²) in [6, 6.07) is 16.2. The molecule has 4 aromatic rings. The van der Waals surface area contributed by atoms with Crippen LogP contribution in [0.1, 0.15) is 5.56 Å². The molecule has 2 aromatic carbocycles. The van der Waals surface area contributed by atoms with Crippen molar-refractivity contribution in [2.24, 2.45) is 0 Å². The second kappa shape index (κ2) is 7.78. The van der Waals surface area contributed by atoms with E-state index in [0.717, 1.165) is 42.8 Å². The molecule has 0 saturated carbocycles. The Morgan fingerprint density at radius 2 is 1.80 bits per heavy atom. The van der Waals surface area contributed by atoms with Crippen molar-refractivity contribution in [3.8, 4) is 11.1 Å². The van der Waals surface area contributed by atoms with Crippen LogP contribution in [0.4, 0.5) is 11.6 Å². The Morgan fingerprint density at radius 3 is 2.57 bits per heavy atom. The van der Waals surface area contributed by atoms with E-state index in [2.05, 4.69) is 46.0 Å². The van der Waals surface area contributed by atoms with Crippen LogP contribution in [0, 0.1) is 6.92 Å². The fraction of sp³-hybridized carbons (Fsp3) is 0.217. The molecule has 0 atom stereocenters. The van der Waals surface area contributed by atoms with Gasteiger partial charge in [0.15, 0.2) is 0 Å². The summed E-state index contributed by atoms with van der Waals surface area (Å²) in [4.78, 5) is 25.1. The molecule has 0 aliphatic carbocycles. The Morgan fingerprint density at radius 1 is 1.03 bits per heavy atom. The third kappa shape index (κ3) is 3.57. The molecule has 5 nitrogen and oxygen atoms in total. The van der Waals surface area contributed by atoms with Crippen LogP contribution < -0.4 is 15.4 Å². The number of nitrogens with zero attached hydrogens (tertiary/aromatic N) is 3. The molecule has 7 heteroatoms. The van der Waals surface area contributed by atoms with Gasteiger partial charge in [0, 0.05) is 47.8 Å². The molecule has 30 heavy (non-hydrogen) atoms. The molecule has 0 radical (unpaired) electrons. The van der Waals surface area contributed by atoms with Crippen LogP contribution in [0.25, 0.3) is 21.3 Å². The molecule has 1 aliphatic rings. The highest BCUT2D eigenvalue weighted by Gasteiger charge is 2.21. The number of nitrogens with one attached hydrogen (secondary N) is 1. The van der Waals surface area contributed by atoms with Crippen molar-refractivity contribution >= 4 is 44.8 Å². The molecule has 1 aliphatic heterocycles. The van der Waals surface area contributed by atoms with E-state index < -0.39 is 0 Å². The highest BCUT2D eigenvalue weighted by molar-refractivity contribution is 7.17. The molecule has 1 saturated heterocycles. The van der Waals surface area contributed by atoms with E-state index in [1.807, 2.05) is 29.6 Å². The number of H-pyrrole nitrogens is 1. The van der Waals surface area contributed by atoms with Crippen molar-refractivity contribution in [1.29, 1.82) is 0 Å². The number of anilines is 2. The van der Waals surface area contributed by atoms with Gasteiger partial charge in [-0.3, -0.25) is 9.78 Å². The number of benzene rings is 2. The lowest BCUT2D eigenvalue weighted by Crippen LogP contribution is -2.47. The number of rotatable bonds is 3. The first-order valence-corrected chi connectivity index (χ1v) is 11.2. The predicted molar refractivity (Wildman–Crippen MR) is 126 cm³/mol. The molecule has 0 unspecified atom stereocenters. The minimum atomic E-state index is -0.0885. The summed E-state index contributed by atoms with van der Waals surface area (Å²) in [5, 5.41) is 2.65. The van der Waals surface area contributed by atoms with Gasteiger partial charge in [-0.1, -0.05) is 35.9 Å². The third-order valence-electron chi connectivity index (χ3n) is 5.50. The van der Waals surface area contributed by atoms with E-state index in [9.17, 15) is 4.79 Å². The Bertz CT molecular complexity index is 1270. The van der Waals surface area contributed by atoms with Crippen LogP contribution in [-0.4, -0.2) is 36.1 Å². The van der Waals surface area contributed by atoms with Crippen molar-refractivity contribution in [2.75, 3.05) is 36.0 Å². The van der Waals surface area contributed by atoms with Gasteiger partial charge in [-0.2, -0.15) is 0 Å². The first-order chi connectivity index (χ1) is 14.6. The van der Waals surface area contributed by atoms with Gasteiger partial charge >= 0.3 is 0 Å². The maximum atomic E-state index is 12.7. The smallest absolute Gasteiger partial charge is 0.270 e. The van der Waals surface area contributed by atoms with Crippen LogP contribution >= 0.6 is 22.9 Å². The number of aryl methyl sites for hydroxylation is 1. The van der Waals surface area contributed by atoms with Gasteiger partial charge in [-0.05, 0) is 42.3 Å². The molecule has 1 N–H and O–H groups in total. The molecule has 0 spiro atoms. The Hall–Kier alpha value is -2.83. The zero-order valence-corrected chi connectivity index (χ0v) is 18.1. The highest BCUT2D eigenvalue weighted by atomic mass is 35.5. The summed E-state index contributed by atoms with van der Waals surface area (Å²) < 4.78 is 0.645. The normalized spacial score (nSPS) is 14.5. The molecule has 0 bridgehead atoms. The number of aromatic nitrogens is 2. The summed E-state index contributed by atoms with van der Waals surface area (Å²) in [5.74, 6) is 0.637. The van der Waals surface area contributed by atoms with Crippen LogP contribution in [0.5, 0.6) is 0 Å². The minimum absolute atomic E-state index is 0.0885. The third-order valence-corrected chi connectivity index (χ3v) is 6.70. The van der Waals surface area contributed by atoms with Gasteiger partial charge in [-0.15, -0.1) is 11.3 Å². The number of hydrogen-bond donors (Lipinski definition) is 1. The highest BCUT2D eigenvalue weighted by Crippen LogP contribution is 2.33. The molecule has 0 amide bonds. The lowest BCUT2D eigenvalue weighted by molar-refractivity contribution is 0.640. The van der Waals surface area contributed by atoms with Crippen molar-refractivity contribution in [1.82, 2.24) is 9.97 Å². The number of aromatic amines is 1. The van der Waals surface area contributed by atoms with Crippen LogP contribution in [0.2, 0.25) is 5.02 Å². The van der Waals surface area contributed by atoms with E-state index in [1.54, 1.807) is 0 Å². The minimum Gasteiger partial charge on any atom is -0.368 e. The van der Waals surface area contributed by atoms with E-state index in [-0.39, 0.29) is 5.56 Å². The number of piperazine rings is 1. The van der Waals surface area contributed by atoms with Crippen molar-refractivity contribution in [3.63, 3.8) is 0 Å². The number of hydrogen-bond acceptors (Lipinski definition) is 5. The molecule has 5 rings (SSSR count). The van der Waals surface area contributed by atoms with Gasteiger partial charge in [0.2, 0.25) is 5.95 Å². The summed E-state index contributed by atoms with van der Waals surface area (Å²) >= 11 is 7.59. The van der Waals surface area contributed by atoms with Crippen LogP contribution in [0.3, 0.4) is 0 Å². The fourth-order valence-electron chi connectivity index (χ4n) is 3.93. The van der Waals surface area contributed by atoms with E-state index in [1.165, 1.54) is 22.6 Å². The molecule has 2 aromatic heterocycles. The van der Waals surface area contributed by atoms with E-state index in [4.69, 9.17) is 16.6 Å². The second-order valence-electron chi connectivity index (χ2n) is 7.54. The van der Waals surface area contributed by atoms with Crippen molar-refractivity contribution < 1.29 is 0 Å². The fourth-order valence-corrected chi connectivity index (χ4v) is 5.03. The lowest BCUT2D eigenvalue weighted by Gasteiger charge is -2.36. The van der Waals surface area contributed by atoms with Gasteiger partial charge in [0.25, 0.3) is 5.56 Å². The molecule has 3 heterocycles. The quantitative estimate of drug-likeness (QED) is 0.494. The number of fused-ring (bicyclic) bond motifs is 1. The van der Waals surface area contributed by atoms with Gasteiger partial charge in [0.05, 0.1) is 5.52 Å². The lowest BCUT2D eigenvalue weighted by atomic mass is 10.1. The van der Waals surface area contributed by atoms with Gasteiger partial charge in [-0.25, -0.2) is 4.98 Å². The predicted octanol–water partition coefficient (Wildman–Crippen LogP) is 4.94. The Balaban J connectivity index is 1.44. The molecule has 152 valence electrons.